The van der Waals surface area contributed by atoms with Gasteiger partial charge in [-0.2, -0.15) is 0 Å². The minimum Gasteiger partial charge on any atom is -0.481 e. The number of hydrogen-bond donors (Lipinski definition) is 1. The number of aliphatic carboxylic acids is 1. The Bertz CT molecular complexity index is 272. The molecule has 0 bridgehead atoms. The van der Waals surface area contributed by atoms with Gasteiger partial charge in [0.05, 0.1) is 17.0 Å². The molecule has 1 rings (SSSR count). The van der Waals surface area contributed by atoms with E-state index < -0.39 is 30.1 Å². The van der Waals surface area contributed by atoms with E-state index in [0.29, 0.717) is 6.42 Å². The Morgan fingerprint density at radius 2 is 1.71 bits per heavy atom. The van der Waals surface area contributed by atoms with Gasteiger partial charge in [-0.25, -0.2) is 0 Å². The fourth-order valence-electron chi connectivity index (χ4n) is 1.85. The zero-order valence-corrected chi connectivity index (χ0v) is 11.4. The molecule has 5 heteroatoms. The fraction of sp³-hybridized carbons (Fsp3) is 0.917. The molecular weight excluding hydrogens is 219 g/mol. The third kappa shape index (κ3) is 3.02. The van der Waals surface area contributed by atoms with Gasteiger partial charge < -0.3 is 14.4 Å². The summed E-state index contributed by atoms with van der Waals surface area (Å²) in [6, 6.07) is 0. The Balaban J connectivity index is 2.75. The van der Waals surface area contributed by atoms with E-state index in [-0.39, 0.29) is 0 Å². The van der Waals surface area contributed by atoms with Gasteiger partial charge in [-0.15, -0.1) is 0 Å². The highest BCUT2D eigenvalue weighted by Gasteiger charge is 2.55. The van der Waals surface area contributed by atoms with E-state index in [0.717, 1.165) is 12.8 Å². The molecule has 0 aromatic carbocycles. The molecule has 1 unspecified atom stereocenters. The first-order valence-electron chi connectivity index (χ1n) is 6.29. The summed E-state index contributed by atoms with van der Waals surface area (Å²) in [6.45, 7) is 9.79. The zero-order valence-electron chi connectivity index (χ0n) is 11.4. The second-order valence-electron chi connectivity index (χ2n) is 5.71. The molecule has 98 valence electrons. The normalized spacial score (nSPS) is 23.7. The van der Waals surface area contributed by atoms with Crippen LogP contribution in [0.1, 0.15) is 53.9 Å². The van der Waals surface area contributed by atoms with E-state index in [1.165, 1.54) is 0 Å². The summed E-state index contributed by atoms with van der Waals surface area (Å²) in [5.41, 5.74) is -0.921. The largest absolute Gasteiger partial charge is 0.481 e. The van der Waals surface area contributed by atoms with Gasteiger partial charge in [0.2, 0.25) is 0 Å². The van der Waals surface area contributed by atoms with E-state index in [4.69, 9.17) is 9.31 Å². The smallest absolute Gasteiger partial charge is 0.472 e. The van der Waals surface area contributed by atoms with Gasteiger partial charge in [0, 0.05) is 0 Å². The van der Waals surface area contributed by atoms with Gasteiger partial charge in [0.1, 0.15) is 0 Å². The van der Waals surface area contributed by atoms with Crippen LogP contribution in [0.3, 0.4) is 0 Å². The van der Waals surface area contributed by atoms with Crippen molar-refractivity contribution in [2.75, 3.05) is 0 Å². The predicted octanol–water partition coefficient (Wildman–Crippen LogP) is 2.72. The lowest BCUT2D eigenvalue weighted by Gasteiger charge is -2.32. The average molecular weight is 242 g/mol. The van der Waals surface area contributed by atoms with Crippen LogP contribution in [-0.4, -0.2) is 29.4 Å². The van der Waals surface area contributed by atoms with Crippen molar-refractivity contribution in [2.24, 2.45) is 0 Å². The van der Waals surface area contributed by atoms with Crippen molar-refractivity contribution >= 4 is 13.1 Å². The lowest BCUT2D eigenvalue weighted by Crippen LogP contribution is -2.41. The molecule has 0 radical (unpaired) electrons. The molecule has 1 fully saturated rings. The summed E-state index contributed by atoms with van der Waals surface area (Å²) >= 11 is 0. The minimum atomic E-state index is -0.836. The topological polar surface area (TPSA) is 55.8 Å². The number of unbranched alkanes of at least 4 members (excludes halogenated alkanes) is 1. The molecule has 1 atom stereocenters. The molecule has 1 N–H and O–H groups in total. The number of carboxylic acid groups (broad SMARTS) is 1. The van der Waals surface area contributed by atoms with E-state index in [1.807, 2.05) is 34.6 Å². The first-order chi connectivity index (χ1) is 7.71. The standard InChI is InChI=1S/C12H23BO4/c1-6-7-8-9(10(14)15)13-16-11(2,3)12(4,5)17-13/h9H,6-8H2,1-5H3,(H,14,15). The Morgan fingerprint density at radius 3 is 2.06 bits per heavy atom. The molecule has 1 aliphatic heterocycles. The van der Waals surface area contributed by atoms with E-state index in [2.05, 4.69) is 0 Å². The molecule has 0 spiro atoms. The fourth-order valence-corrected chi connectivity index (χ4v) is 1.85. The van der Waals surface area contributed by atoms with Crippen LogP contribution in [0.25, 0.3) is 0 Å². The van der Waals surface area contributed by atoms with Crippen LogP contribution in [0.2, 0.25) is 5.82 Å². The lowest BCUT2D eigenvalue weighted by molar-refractivity contribution is -0.137. The number of carbonyl (C=O) groups is 1. The summed E-state index contributed by atoms with van der Waals surface area (Å²) in [5.74, 6) is -1.41. The van der Waals surface area contributed by atoms with Crippen molar-refractivity contribution in [3.05, 3.63) is 0 Å². The first-order valence-corrected chi connectivity index (χ1v) is 6.29. The first kappa shape index (κ1) is 14.5. The Labute approximate surface area is 104 Å². The van der Waals surface area contributed by atoms with Crippen LogP contribution >= 0.6 is 0 Å². The van der Waals surface area contributed by atoms with Gasteiger partial charge >= 0.3 is 13.1 Å². The van der Waals surface area contributed by atoms with Crippen LogP contribution in [0, 0.1) is 0 Å². The van der Waals surface area contributed by atoms with Crippen molar-refractivity contribution < 1.29 is 19.2 Å². The molecule has 4 nitrogen and oxygen atoms in total. The van der Waals surface area contributed by atoms with Gasteiger partial charge in [0.25, 0.3) is 0 Å². The Morgan fingerprint density at radius 1 is 1.24 bits per heavy atom. The van der Waals surface area contributed by atoms with Crippen molar-refractivity contribution in [1.82, 2.24) is 0 Å². The molecule has 0 saturated carbocycles. The maximum atomic E-state index is 11.3. The highest BCUT2D eigenvalue weighted by Crippen LogP contribution is 2.41. The second kappa shape index (κ2) is 4.98. The quantitative estimate of drug-likeness (QED) is 0.753. The summed E-state index contributed by atoms with van der Waals surface area (Å²) in [4.78, 5) is 11.3. The maximum absolute atomic E-state index is 11.3. The zero-order chi connectivity index (χ0) is 13.3. The van der Waals surface area contributed by atoms with Crippen molar-refractivity contribution in [2.45, 2.75) is 70.9 Å². The summed E-state index contributed by atoms with van der Waals surface area (Å²) < 4.78 is 11.6. The van der Waals surface area contributed by atoms with Gasteiger partial charge in [0.15, 0.2) is 0 Å². The summed E-state index contributed by atoms with van der Waals surface area (Å²) in [7, 11) is -0.635. The average Bonchev–Trinajstić information content (AvgIpc) is 2.35. The minimum absolute atomic E-state index is 0.461. The molecule has 0 amide bonds. The molecule has 0 aliphatic carbocycles. The van der Waals surface area contributed by atoms with Gasteiger partial charge in [-0.3, -0.25) is 4.79 Å². The Hall–Kier alpha value is -0.545. The molecule has 1 heterocycles. The number of carboxylic acids is 1. The molecule has 0 aromatic rings. The number of rotatable bonds is 5. The maximum Gasteiger partial charge on any atom is 0.472 e. The summed E-state index contributed by atoms with van der Waals surface area (Å²) in [6.07, 6.45) is 2.45. The highest BCUT2D eigenvalue weighted by molar-refractivity contribution is 6.52. The molecule has 1 aliphatic rings. The van der Waals surface area contributed by atoms with E-state index in [9.17, 15) is 9.90 Å². The van der Waals surface area contributed by atoms with Crippen molar-refractivity contribution in [1.29, 1.82) is 0 Å². The second-order valence-corrected chi connectivity index (χ2v) is 5.71. The SMILES string of the molecule is CCCCC(B1OC(C)(C)C(C)(C)O1)C(=O)O. The Kier molecular flexibility index (Phi) is 4.26. The monoisotopic (exact) mass is 242 g/mol. The van der Waals surface area contributed by atoms with Gasteiger partial charge in [-0.05, 0) is 34.1 Å². The van der Waals surface area contributed by atoms with Crippen LogP contribution < -0.4 is 0 Å². The van der Waals surface area contributed by atoms with Gasteiger partial charge in [-0.1, -0.05) is 19.8 Å². The molecule has 17 heavy (non-hydrogen) atoms. The molecule has 1 saturated heterocycles. The molecule has 0 aromatic heterocycles. The van der Waals surface area contributed by atoms with E-state index >= 15 is 0 Å². The third-order valence-electron chi connectivity index (χ3n) is 3.79. The third-order valence-corrected chi connectivity index (χ3v) is 3.79. The molecular formula is C12H23BO4. The van der Waals surface area contributed by atoms with Crippen LogP contribution in [0.5, 0.6) is 0 Å². The summed E-state index contributed by atoms with van der Waals surface area (Å²) in [5, 5.41) is 9.24. The highest BCUT2D eigenvalue weighted by atomic mass is 16.7. The van der Waals surface area contributed by atoms with Crippen LogP contribution in [-0.2, 0) is 14.1 Å². The van der Waals surface area contributed by atoms with Crippen molar-refractivity contribution in [3.63, 3.8) is 0 Å². The lowest BCUT2D eigenvalue weighted by atomic mass is 9.69. The van der Waals surface area contributed by atoms with Crippen molar-refractivity contribution in [3.8, 4) is 0 Å². The van der Waals surface area contributed by atoms with Crippen LogP contribution in [0.4, 0.5) is 0 Å². The van der Waals surface area contributed by atoms with E-state index in [1.54, 1.807) is 0 Å². The predicted molar refractivity (Wildman–Crippen MR) is 67.0 cm³/mol. The number of hydrogen-bond acceptors (Lipinski definition) is 3. The van der Waals surface area contributed by atoms with Crippen LogP contribution in [0.15, 0.2) is 0 Å².